The SMILES string of the molecule is CCCC[C@]1(CC)CSc2cc(OC)c(Br)cc2[C@H](c2ccccc2)N1. The van der Waals surface area contributed by atoms with E-state index in [2.05, 4.69) is 77.6 Å². The maximum absolute atomic E-state index is 5.56. The highest BCUT2D eigenvalue weighted by Gasteiger charge is 2.35. The van der Waals surface area contributed by atoms with Crippen LogP contribution in [0.15, 0.2) is 51.8 Å². The van der Waals surface area contributed by atoms with Crippen LogP contribution in [0.5, 0.6) is 5.75 Å². The highest BCUT2D eigenvalue weighted by molar-refractivity contribution is 9.10. The van der Waals surface area contributed by atoms with Crippen molar-refractivity contribution in [3.8, 4) is 5.75 Å². The zero-order chi connectivity index (χ0) is 18.6. The molecule has 2 aromatic rings. The van der Waals surface area contributed by atoms with Crippen LogP contribution in [-0.4, -0.2) is 18.4 Å². The molecule has 2 aromatic carbocycles. The first-order valence-corrected chi connectivity index (χ1v) is 11.2. The molecule has 0 bridgehead atoms. The summed E-state index contributed by atoms with van der Waals surface area (Å²) in [6.07, 6.45) is 4.83. The van der Waals surface area contributed by atoms with Gasteiger partial charge < -0.3 is 4.74 Å². The fraction of sp³-hybridized carbons (Fsp3) is 0.455. The third kappa shape index (κ3) is 4.13. The number of methoxy groups -OCH3 is 1. The number of ether oxygens (including phenoxy) is 1. The smallest absolute Gasteiger partial charge is 0.134 e. The van der Waals surface area contributed by atoms with E-state index in [0.717, 1.165) is 22.4 Å². The second-order valence-corrected chi connectivity index (χ2v) is 8.91. The zero-order valence-corrected chi connectivity index (χ0v) is 18.3. The van der Waals surface area contributed by atoms with Crippen LogP contribution in [0.25, 0.3) is 0 Å². The Morgan fingerprint density at radius 1 is 1.23 bits per heavy atom. The number of unbranched alkanes of at least 4 members (excludes halogenated alkanes) is 1. The lowest BCUT2D eigenvalue weighted by Gasteiger charge is -2.36. The molecular formula is C22H28BrNOS. The maximum Gasteiger partial charge on any atom is 0.134 e. The van der Waals surface area contributed by atoms with Gasteiger partial charge in [-0.05, 0) is 52.0 Å². The maximum atomic E-state index is 5.56. The van der Waals surface area contributed by atoms with E-state index in [0.29, 0.717) is 0 Å². The second-order valence-electron chi connectivity index (χ2n) is 7.04. The molecule has 1 N–H and O–H groups in total. The Morgan fingerprint density at radius 3 is 2.65 bits per heavy atom. The van der Waals surface area contributed by atoms with Crippen molar-refractivity contribution in [2.24, 2.45) is 0 Å². The molecule has 0 fully saturated rings. The molecule has 4 heteroatoms. The van der Waals surface area contributed by atoms with Crippen molar-refractivity contribution in [1.82, 2.24) is 5.32 Å². The first-order valence-electron chi connectivity index (χ1n) is 9.45. The van der Waals surface area contributed by atoms with Gasteiger partial charge in [-0.25, -0.2) is 0 Å². The number of hydrogen-bond donors (Lipinski definition) is 1. The molecule has 2 nitrogen and oxygen atoms in total. The molecule has 26 heavy (non-hydrogen) atoms. The Balaban J connectivity index is 2.09. The molecule has 1 aliphatic rings. The number of benzene rings is 2. The van der Waals surface area contributed by atoms with E-state index >= 15 is 0 Å². The lowest BCUT2D eigenvalue weighted by atomic mass is 9.88. The minimum atomic E-state index is 0.153. The van der Waals surface area contributed by atoms with Gasteiger partial charge in [-0.3, -0.25) is 5.32 Å². The van der Waals surface area contributed by atoms with E-state index in [-0.39, 0.29) is 11.6 Å². The van der Waals surface area contributed by atoms with Crippen LogP contribution < -0.4 is 10.1 Å². The van der Waals surface area contributed by atoms with E-state index in [1.807, 2.05) is 11.8 Å². The molecular weight excluding hydrogens is 406 g/mol. The standard InChI is InChI=1S/C22H28BrNOS/c1-4-6-12-22(5-2)15-26-20-14-19(25-3)18(23)13-17(20)21(24-22)16-10-8-7-9-11-16/h7-11,13-14,21,24H,4-6,12,15H2,1-3H3/t21-,22+/m0/s1. The van der Waals surface area contributed by atoms with Crippen LogP contribution >= 0.6 is 27.7 Å². The summed E-state index contributed by atoms with van der Waals surface area (Å²) in [5.41, 5.74) is 2.81. The van der Waals surface area contributed by atoms with E-state index in [1.54, 1.807) is 7.11 Å². The number of nitrogens with one attached hydrogen (secondary N) is 1. The van der Waals surface area contributed by atoms with Gasteiger partial charge >= 0.3 is 0 Å². The molecule has 0 saturated heterocycles. The van der Waals surface area contributed by atoms with Gasteiger partial charge in [0.25, 0.3) is 0 Å². The number of halogens is 1. The molecule has 3 rings (SSSR count). The van der Waals surface area contributed by atoms with Gasteiger partial charge in [-0.2, -0.15) is 0 Å². The quantitative estimate of drug-likeness (QED) is 0.555. The van der Waals surface area contributed by atoms with Crippen molar-refractivity contribution in [2.75, 3.05) is 12.9 Å². The van der Waals surface area contributed by atoms with Crippen LogP contribution in [0.2, 0.25) is 0 Å². The summed E-state index contributed by atoms with van der Waals surface area (Å²) >= 11 is 5.65. The van der Waals surface area contributed by atoms with Crippen molar-refractivity contribution in [3.63, 3.8) is 0 Å². The average molecular weight is 434 g/mol. The van der Waals surface area contributed by atoms with E-state index in [9.17, 15) is 0 Å². The summed E-state index contributed by atoms with van der Waals surface area (Å²) < 4.78 is 6.57. The summed E-state index contributed by atoms with van der Waals surface area (Å²) in [5, 5.41) is 4.07. The molecule has 0 spiro atoms. The molecule has 0 amide bonds. The van der Waals surface area contributed by atoms with Gasteiger partial charge in [0.2, 0.25) is 0 Å². The summed E-state index contributed by atoms with van der Waals surface area (Å²) in [4.78, 5) is 1.32. The highest BCUT2D eigenvalue weighted by atomic mass is 79.9. The number of hydrogen-bond acceptors (Lipinski definition) is 3. The van der Waals surface area contributed by atoms with Gasteiger partial charge in [0.05, 0.1) is 17.6 Å². The molecule has 1 heterocycles. The van der Waals surface area contributed by atoms with E-state index in [4.69, 9.17) is 4.74 Å². The Kier molecular flexibility index (Phi) is 6.70. The summed E-state index contributed by atoms with van der Waals surface area (Å²) in [7, 11) is 1.73. The Morgan fingerprint density at radius 2 is 2.00 bits per heavy atom. The van der Waals surface area contributed by atoms with Crippen molar-refractivity contribution < 1.29 is 4.74 Å². The summed E-state index contributed by atoms with van der Waals surface area (Å²) in [6.45, 7) is 4.59. The van der Waals surface area contributed by atoms with Crippen LogP contribution in [-0.2, 0) is 0 Å². The Bertz CT molecular complexity index is 736. The minimum absolute atomic E-state index is 0.153. The number of thioether (sulfide) groups is 1. The van der Waals surface area contributed by atoms with Crippen molar-refractivity contribution in [1.29, 1.82) is 0 Å². The number of fused-ring (bicyclic) bond motifs is 1. The predicted octanol–water partition coefficient (Wildman–Crippen LogP) is 6.58. The first kappa shape index (κ1) is 19.8. The van der Waals surface area contributed by atoms with Crippen LogP contribution in [0, 0.1) is 0 Å². The normalized spacial score (nSPS) is 22.5. The predicted molar refractivity (Wildman–Crippen MR) is 115 cm³/mol. The van der Waals surface area contributed by atoms with Gasteiger partial charge in [0, 0.05) is 16.2 Å². The molecule has 0 saturated carbocycles. The monoisotopic (exact) mass is 433 g/mol. The molecule has 0 radical (unpaired) electrons. The Labute approximate surface area is 170 Å². The zero-order valence-electron chi connectivity index (χ0n) is 15.8. The third-order valence-electron chi connectivity index (χ3n) is 5.37. The lowest BCUT2D eigenvalue weighted by Crippen LogP contribution is -2.48. The van der Waals surface area contributed by atoms with Crippen LogP contribution in [0.4, 0.5) is 0 Å². The highest BCUT2D eigenvalue weighted by Crippen LogP contribution is 2.44. The fourth-order valence-corrected chi connectivity index (χ4v) is 5.57. The van der Waals surface area contributed by atoms with E-state index in [1.165, 1.54) is 35.3 Å². The number of rotatable bonds is 6. The molecule has 140 valence electrons. The largest absolute Gasteiger partial charge is 0.496 e. The molecule has 1 aliphatic heterocycles. The van der Waals surface area contributed by atoms with Crippen molar-refractivity contribution in [2.45, 2.75) is 56.0 Å². The third-order valence-corrected chi connectivity index (χ3v) is 7.35. The topological polar surface area (TPSA) is 21.3 Å². The van der Waals surface area contributed by atoms with Gasteiger partial charge in [-0.1, -0.05) is 57.0 Å². The second kappa shape index (κ2) is 8.81. The van der Waals surface area contributed by atoms with Crippen LogP contribution in [0.1, 0.15) is 56.7 Å². The summed E-state index contributed by atoms with van der Waals surface area (Å²) in [5.74, 6) is 1.99. The van der Waals surface area contributed by atoms with Gasteiger partial charge in [0.1, 0.15) is 5.75 Å². The average Bonchev–Trinajstić information content (AvgIpc) is 2.84. The fourth-order valence-electron chi connectivity index (χ4n) is 3.65. The Hall–Kier alpha value is -0.970. The van der Waals surface area contributed by atoms with Crippen molar-refractivity contribution >= 4 is 27.7 Å². The van der Waals surface area contributed by atoms with Crippen LogP contribution in [0.3, 0.4) is 0 Å². The first-order chi connectivity index (χ1) is 12.6. The van der Waals surface area contributed by atoms with Crippen molar-refractivity contribution in [3.05, 3.63) is 58.1 Å². The summed E-state index contributed by atoms with van der Waals surface area (Å²) in [6, 6.07) is 15.4. The van der Waals surface area contributed by atoms with Gasteiger partial charge in [-0.15, -0.1) is 11.8 Å². The van der Waals surface area contributed by atoms with Gasteiger partial charge in [0.15, 0.2) is 0 Å². The molecule has 0 unspecified atom stereocenters. The molecule has 0 aromatic heterocycles. The molecule has 0 aliphatic carbocycles. The van der Waals surface area contributed by atoms with E-state index < -0.39 is 0 Å². The minimum Gasteiger partial charge on any atom is -0.496 e. The molecule has 2 atom stereocenters. The lowest BCUT2D eigenvalue weighted by molar-refractivity contribution is 0.297.